The van der Waals surface area contributed by atoms with E-state index in [9.17, 15) is 13.2 Å². The van der Waals surface area contributed by atoms with Crippen LogP contribution < -0.4 is 10.1 Å². The predicted octanol–water partition coefficient (Wildman–Crippen LogP) is 3.81. The van der Waals surface area contributed by atoms with Gasteiger partial charge in [-0.1, -0.05) is 15.9 Å². The van der Waals surface area contributed by atoms with E-state index in [0.717, 1.165) is 6.42 Å². The molecule has 8 heteroatoms. The van der Waals surface area contributed by atoms with Crippen LogP contribution in [0.1, 0.15) is 6.42 Å². The lowest BCUT2D eigenvalue weighted by Crippen LogP contribution is -2.19. The van der Waals surface area contributed by atoms with Crippen LogP contribution in [0.25, 0.3) is 0 Å². The summed E-state index contributed by atoms with van der Waals surface area (Å²) in [6, 6.07) is 4.40. The van der Waals surface area contributed by atoms with Gasteiger partial charge in [0.15, 0.2) is 5.75 Å². The van der Waals surface area contributed by atoms with E-state index in [2.05, 4.69) is 26.0 Å². The summed E-state index contributed by atoms with van der Waals surface area (Å²) in [7, 11) is 1.61. The van der Waals surface area contributed by atoms with Crippen molar-refractivity contribution in [2.75, 3.05) is 38.8 Å². The molecule has 1 aromatic rings. The van der Waals surface area contributed by atoms with Crippen LogP contribution in [0.3, 0.4) is 0 Å². The average Bonchev–Trinajstić information content (AvgIpc) is 2.38. The fourth-order valence-electron chi connectivity index (χ4n) is 1.52. The van der Waals surface area contributed by atoms with Crippen LogP contribution in [0, 0.1) is 0 Å². The Morgan fingerprint density at radius 3 is 2.62 bits per heavy atom. The number of anilines is 1. The first-order chi connectivity index (χ1) is 9.92. The maximum absolute atomic E-state index is 12.3. The Labute approximate surface area is 129 Å². The molecule has 0 saturated heterocycles. The largest absolute Gasteiger partial charge is 0.573 e. The highest BCUT2D eigenvalue weighted by Crippen LogP contribution is 2.32. The van der Waals surface area contributed by atoms with E-state index in [-0.39, 0.29) is 11.4 Å². The summed E-state index contributed by atoms with van der Waals surface area (Å²) in [5, 5.41) is 2.85. The number of ether oxygens (including phenoxy) is 3. The molecule has 0 unspecified atom stereocenters. The van der Waals surface area contributed by atoms with Gasteiger partial charge < -0.3 is 19.5 Å². The van der Waals surface area contributed by atoms with Gasteiger partial charge in [-0.15, -0.1) is 13.2 Å². The topological polar surface area (TPSA) is 39.7 Å². The molecule has 0 aliphatic heterocycles. The molecule has 0 spiro atoms. The Kier molecular flexibility index (Phi) is 7.84. The van der Waals surface area contributed by atoms with Gasteiger partial charge in [-0.25, -0.2) is 0 Å². The van der Waals surface area contributed by atoms with Gasteiger partial charge in [0, 0.05) is 31.3 Å². The first-order valence-corrected chi connectivity index (χ1v) is 7.07. The highest BCUT2D eigenvalue weighted by Gasteiger charge is 2.32. The second kappa shape index (κ2) is 9.11. The molecule has 1 rings (SSSR count). The third-order valence-corrected chi connectivity index (χ3v) is 2.86. The standard InChI is InChI=1S/C13H17BrF3NO3/c1-19-6-2-7-20-8-5-18-11-4-3-10(14)9-12(11)21-13(15,16)17/h3-4,9,18H,2,5-8H2,1H3. The number of hydrogen-bond donors (Lipinski definition) is 1. The molecule has 0 atom stereocenters. The molecule has 4 nitrogen and oxygen atoms in total. The predicted molar refractivity (Wildman–Crippen MR) is 76.6 cm³/mol. The number of rotatable bonds is 9. The molecular weight excluding hydrogens is 355 g/mol. The third-order valence-electron chi connectivity index (χ3n) is 2.37. The lowest BCUT2D eigenvalue weighted by Gasteiger charge is -2.15. The van der Waals surface area contributed by atoms with Gasteiger partial charge in [0.2, 0.25) is 0 Å². The molecule has 0 fully saturated rings. The van der Waals surface area contributed by atoms with Gasteiger partial charge in [-0.2, -0.15) is 0 Å². The van der Waals surface area contributed by atoms with Gasteiger partial charge >= 0.3 is 6.36 Å². The fourth-order valence-corrected chi connectivity index (χ4v) is 1.86. The van der Waals surface area contributed by atoms with Crippen molar-refractivity contribution in [3.8, 4) is 5.75 Å². The van der Waals surface area contributed by atoms with Gasteiger partial charge in [-0.05, 0) is 24.6 Å². The summed E-state index contributed by atoms with van der Waals surface area (Å²) in [5.74, 6) is -0.281. The number of alkyl halides is 3. The first kappa shape index (κ1) is 18.1. The van der Waals surface area contributed by atoms with E-state index in [0.29, 0.717) is 30.8 Å². The second-order valence-corrected chi connectivity index (χ2v) is 4.99. The molecule has 1 N–H and O–H groups in total. The van der Waals surface area contributed by atoms with Crippen LogP contribution in [0.4, 0.5) is 18.9 Å². The van der Waals surface area contributed by atoms with Crippen LogP contribution >= 0.6 is 15.9 Å². The van der Waals surface area contributed by atoms with Crippen molar-refractivity contribution >= 4 is 21.6 Å². The van der Waals surface area contributed by atoms with E-state index in [1.54, 1.807) is 13.2 Å². The van der Waals surface area contributed by atoms with Crippen molar-refractivity contribution in [3.05, 3.63) is 22.7 Å². The summed E-state index contributed by atoms with van der Waals surface area (Å²) in [4.78, 5) is 0. The molecule has 0 aromatic heterocycles. The summed E-state index contributed by atoms with van der Waals surface area (Å²) in [5.41, 5.74) is 0.260. The molecule has 0 heterocycles. The smallest absolute Gasteiger partial charge is 0.404 e. The first-order valence-electron chi connectivity index (χ1n) is 6.28. The lowest BCUT2D eigenvalue weighted by atomic mass is 10.3. The minimum absolute atomic E-state index is 0.260. The molecule has 0 amide bonds. The molecule has 120 valence electrons. The van der Waals surface area contributed by atoms with Crippen molar-refractivity contribution in [2.45, 2.75) is 12.8 Å². The quantitative estimate of drug-likeness (QED) is 0.670. The molecule has 1 aromatic carbocycles. The number of halogens is 4. The average molecular weight is 372 g/mol. The van der Waals surface area contributed by atoms with Gasteiger partial charge in [0.1, 0.15) is 0 Å². The van der Waals surface area contributed by atoms with Crippen molar-refractivity contribution in [1.82, 2.24) is 0 Å². The van der Waals surface area contributed by atoms with Gasteiger partial charge in [-0.3, -0.25) is 0 Å². The fraction of sp³-hybridized carbons (Fsp3) is 0.538. The zero-order valence-corrected chi connectivity index (χ0v) is 13.1. The van der Waals surface area contributed by atoms with E-state index in [1.165, 1.54) is 12.1 Å². The van der Waals surface area contributed by atoms with Crippen molar-refractivity contribution in [3.63, 3.8) is 0 Å². The van der Waals surface area contributed by atoms with Crippen LogP contribution in [0.2, 0.25) is 0 Å². The summed E-state index contributed by atoms with van der Waals surface area (Å²) >= 11 is 3.11. The minimum atomic E-state index is -4.73. The monoisotopic (exact) mass is 371 g/mol. The van der Waals surface area contributed by atoms with Crippen LogP contribution in [0.15, 0.2) is 22.7 Å². The second-order valence-electron chi connectivity index (χ2n) is 4.07. The maximum atomic E-state index is 12.3. The molecule has 0 aliphatic carbocycles. The SMILES string of the molecule is COCCCOCCNc1ccc(Br)cc1OC(F)(F)F. The lowest BCUT2D eigenvalue weighted by molar-refractivity contribution is -0.274. The highest BCUT2D eigenvalue weighted by molar-refractivity contribution is 9.10. The summed E-state index contributed by atoms with van der Waals surface area (Å²) < 4.78 is 51.6. The van der Waals surface area contributed by atoms with Gasteiger partial charge in [0.25, 0.3) is 0 Å². The van der Waals surface area contributed by atoms with Crippen LogP contribution in [0.5, 0.6) is 5.75 Å². The Morgan fingerprint density at radius 1 is 1.19 bits per heavy atom. The summed E-state index contributed by atoms with van der Waals surface area (Å²) in [6.45, 7) is 1.92. The Bertz CT molecular complexity index is 430. The molecule has 0 saturated carbocycles. The van der Waals surface area contributed by atoms with Crippen LogP contribution in [-0.2, 0) is 9.47 Å². The number of methoxy groups -OCH3 is 1. The molecule has 21 heavy (non-hydrogen) atoms. The third kappa shape index (κ3) is 8.13. The highest BCUT2D eigenvalue weighted by atomic mass is 79.9. The maximum Gasteiger partial charge on any atom is 0.573 e. The van der Waals surface area contributed by atoms with E-state index in [1.807, 2.05) is 0 Å². The molecule has 0 radical (unpaired) electrons. The molecule has 0 bridgehead atoms. The Balaban J connectivity index is 2.43. The zero-order chi connectivity index (χ0) is 15.7. The van der Waals surface area contributed by atoms with Crippen molar-refractivity contribution < 1.29 is 27.4 Å². The Hall–Kier alpha value is -0.990. The van der Waals surface area contributed by atoms with Crippen molar-refractivity contribution in [2.24, 2.45) is 0 Å². The Morgan fingerprint density at radius 2 is 1.95 bits per heavy atom. The van der Waals surface area contributed by atoms with E-state index >= 15 is 0 Å². The summed E-state index contributed by atoms with van der Waals surface area (Å²) in [6.07, 6.45) is -3.95. The van der Waals surface area contributed by atoms with E-state index < -0.39 is 6.36 Å². The van der Waals surface area contributed by atoms with Crippen molar-refractivity contribution in [1.29, 1.82) is 0 Å². The minimum Gasteiger partial charge on any atom is -0.404 e. The van der Waals surface area contributed by atoms with Gasteiger partial charge in [0.05, 0.1) is 12.3 Å². The number of hydrogen-bond acceptors (Lipinski definition) is 4. The molecular formula is C13H17BrF3NO3. The zero-order valence-electron chi connectivity index (χ0n) is 11.5. The number of benzene rings is 1. The van der Waals surface area contributed by atoms with Crippen LogP contribution in [-0.4, -0.2) is 39.8 Å². The van der Waals surface area contributed by atoms with E-state index in [4.69, 9.17) is 9.47 Å². The number of nitrogens with one attached hydrogen (secondary N) is 1. The normalized spacial score (nSPS) is 11.5. The molecule has 0 aliphatic rings.